The van der Waals surface area contributed by atoms with E-state index in [0.717, 1.165) is 19.5 Å². The molecule has 1 rings (SSSR count). The first-order chi connectivity index (χ1) is 3.43. The largest absolute Gasteiger partial charge is 0.316 e. The zero-order valence-electron chi connectivity index (χ0n) is 4.69. The van der Waals surface area contributed by atoms with Crippen molar-refractivity contribution in [1.29, 1.82) is 0 Å². The monoisotopic (exact) mass is 139 g/mol. The Morgan fingerprint density at radius 3 is 2.62 bits per heavy atom. The van der Waals surface area contributed by atoms with Gasteiger partial charge in [0.1, 0.15) is 0 Å². The molecule has 1 saturated heterocycles. The molecule has 1 atom stereocenters. The zero-order valence-corrected chi connectivity index (χ0v) is 5.51. The average molecular weight is 140 g/mol. The smallest absolute Gasteiger partial charge is 0.0935 e. The van der Waals surface area contributed by atoms with E-state index in [1.807, 2.05) is 0 Å². The van der Waals surface area contributed by atoms with E-state index in [1.165, 1.54) is 0 Å². The maximum atomic E-state index is 11.7. The fourth-order valence-corrected chi connectivity index (χ4v) is 0.846. The minimum absolute atomic E-state index is 0. The highest BCUT2D eigenvalue weighted by molar-refractivity contribution is 5.85. The summed E-state index contributed by atoms with van der Waals surface area (Å²) in [4.78, 5) is 0. The van der Waals surface area contributed by atoms with Crippen LogP contribution in [0, 0.1) is 5.92 Å². The summed E-state index contributed by atoms with van der Waals surface area (Å²) in [5.41, 5.74) is 0. The predicted molar refractivity (Wildman–Crippen MR) is 34.2 cm³/mol. The standard InChI is InChI=1S/C5H10FN.ClH/c6-3-5-1-2-7-4-5;/h5,7H,1-4H2;1H/t5-;/m1./s1. The summed E-state index contributed by atoms with van der Waals surface area (Å²) in [6.45, 7) is 1.75. The second kappa shape index (κ2) is 4.10. The van der Waals surface area contributed by atoms with Crippen LogP contribution < -0.4 is 5.32 Å². The molecule has 1 aliphatic rings. The van der Waals surface area contributed by atoms with Gasteiger partial charge >= 0.3 is 0 Å². The Balaban J connectivity index is 0.000000490. The third-order valence-corrected chi connectivity index (χ3v) is 1.38. The molecule has 0 aromatic heterocycles. The Labute approximate surface area is 55.1 Å². The molecule has 0 aromatic rings. The normalized spacial score (nSPS) is 27.4. The van der Waals surface area contributed by atoms with Gasteiger partial charge in [-0.05, 0) is 13.0 Å². The van der Waals surface area contributed by atoms with Crippen LogP contribution in [-0.4, -0.2) is 19.8 Å². The van der Waals surface area contributed by atoms with Gasteiger partial charge in [-0.2, -0.15) is 0 Å². The highest BCUT2D eigenvalue weighted by Crippen LogP contribution is 2.06. The number of nitrogens with one attached hydrogen (secondary N) is 1. The summed E-state index contributed by atoms with van der Waals surface area (Å²) < 4.78 is 11.7. The van der Waals surface area contributed by atoms with Crippen LogP contribution in [0.25, 0.3) is 0 Å². The molecule has 0 amide bonds. The Kier molecular flexibility index (Phi) is 4.19. The number of halogens is 2. The molecule has 0 aliphatic carbocycles. The van der Waals surface area contributed by atoms with Gasteiger partial charge in [0.05, 0.1) is 6.67 Å². The van der Waals surface area contributed by atoms with Crippen LogP contribution in [0.1, 0.15) is 6.42 Å². The van der Waals surface area contributed by atoms with Crippen LogP contribution in [0.3, 0.4) is 0 Å². The number of hydrogen-bond donors (Lipinski definition) is 1. The lowest BCUT2D eigenvalue weighted by atomic mass is 10.1. The van der Waals surface area contributed by atoms with E-state index in [-0.39, 0.29) is 19.1 Å². The molecule has 0 radical (unpaired) electrons. The fraction of sp³-hybridized carbons (Fsp3) is 1.00. The van der Waals surface area contributed by atoms with Gasteiger partial charge in [0.25, 0.3) is 0 Å². The summed E-state index contributed by atoms with van der Waals surface area (Å²) in [5, 5.41) is 3.08. The lowest BCUT2D eigenvalue weighted by Crippen LogP contribution is -2.09. The third-order valence-electron chi connectivity index (χ3n) is 1.38. The molecule has 0 unspecified atom stereocenters. The third kappa shape index (κ3) is 1.97. The molecule has 0 bridgehead atoms. The van der Waals surface area contributed by atoms with Crippen LogP contribution in [0.2, 0.25) is 0 Å². The van der Waals surface area contributed by atoms with Gasteiger partial charge in [0, 0.05) is 12.5 Å². The summed E-state index contributed by atoms with van der Waals surface area (Å²) in [6, 6.07) is 0. The lowest BCUT2D eigenvalue weighted by molar-refractivity contribution is 0.382. The van der Waals surface area contributed by atoms with Gasteiger partial charge in [-0.15, -0.1) is 12.4 Å². The highest BCUT2D eigenvalue weighted by atomic mass is 35.5. The first kappa shape index (κ1) is 8.18. The van der Waals surface area contributed by atoms with Gasteiger partial charge in [0.15, 0.2) is 0 Å². The minimum Gasteiger partial charge on any atom is -0.316 e. The Morgan fingerprint density at radius 2 is 2.38 bits per heavy atom. The van der Waals surface area contributed by atoms with Crippen LogP contribution >= 0.6 is 12.4 Å². The van der Waals surface area contributed by atoms with Crippen LogP contribution in [0.15, 0.2) is 0 Å². The van der Waals surface area contributed by atoms with Gasteiger partial charge in [0.2, 0.25) is 0 Å². The molecule has 0 spiro atoms. The van der Waals surface area contributed by atoms with E-state index < -0.39 is 0 Å². The second-order valence-corrected chi connectivity index (χ2v) is 2.01. The Bertz CT molecular complexity index is 54.4. The van der Waals surface area contributed by atoms with Crippen LogP contribution in [-0.2, 0) is 0 Å². The zero-order chi connectivity index (χ0) is 5.11. The lowest BCUT2D eigenvalue weighted by Gasteiger charge is -1.95. The molecule has 0 aromatic carbocycles. The van der Waals surface area contributed by atoms with E-state index in [4.69, 9.17) is 0 Å². The van der Waals surface area contributed by atoms with Gasteiger partial charge in [-0.1, -0.05) is 0 Å². The van der Waals surface area contributed by atoms with Gasteiger partial charge < -0.3 is 5.32 Å². The molecular formula is C5H11ClFN. The van der Waals surface area contributed by atoms with Crippen molar-refractivity contribution in [3.8, 4) is 0 Å². The van der Waals surface area contributed by atoms with Crippen molar-refractivity contribution in [2.45, 2.75) is 6.42 Å². The van der Waals surface area contributed by atoms with E-state index in [1.54, 1.807) is 0 Å². The second-order valence-electron chi connectivity index (χ2n) is 2.01. The summed E-state index contributed by atoms with van der Waals surface area (Å²) in [5.74, 6) is 0.319. The first-order valence-corrected chi connectivity index (χ1v) is 2.70. The van der Waals surface area contributed by atoms with Gasteiger partial charge in [-0.25, -0.2) is 0 Å². The quantitative estimate of drug-likeness (QED) is 0.571. The van der Waals surface area contributed by atoms with E-state index in [2.05, 4.69) is 5.32 Å². The SMILES string of the molecule is Cl.FC[C@H]1CCNC1. The first-order valence-electron chi connectivity index (χ1n) is 2.70. The van der Waals surface area contributed by atoms with Gasteiger partial charge in [-0.3, -0.25) is 4.39 Å². The van der Waals surface area contributed by atoms with Crippen molar-refractivity contribution in [1.82, 2.24) is 5.32 Å². The molecule has 8 heavy (non-hydrogen) atoms. The number of hydrogen-bond acceptors (Lipinski definition) is 1. The Morgan fingerprint density at radius 1 is 1.62 bits per heavy atom. The Hall–Kier alpha value is 0.180. The summed E-state index contributed by atoms with van der Waals surface area (Å²) in [6.07, 6.45) is 1.02. The topological polar surface area (TPSA) is 12.0 Å². The molecule has 0 saturated carbocycles. The van der Waals surface area contributed by atoms with Crippen molar-refractivity contribution in [3.63, 3.8) is 0 Å². The van der Waals surface area contributed by atoms with Crippen molar-refractivity contribution < 1.29 is 4.39 Å². The summed E-state index contributed by atoms with van der Waals surface area (Å²) in [7, 11) is 0. The maximum absolute atomic E-state index is 11.7. The molecule has 1 fully saturated rings. The predicted octanol–water partition coefficient (Wildman–Crippen LogP) is 0.987. The van der Waals surface area contributed by atoms with Crippen molar-refractivity contribution in [3.05, 3.63) is 0 Å². The minimum atomic E-state index is -0.146. The van der Waals surface area contributed by atoms with Crippen molar-refractivity contribution in [2.24, 2.45) is 5.92 Å². The van der Waals surface area contributed by atoms with E-state index in [9.17, 15) is 4.39 Å². The molecule has 1 aliphatic heterocycles. The van der Waals surface area contributed by atoms with Crippen molar-refractivity contribution in [2.75, 3.05) is 19.8 Å². The maximum Gasteiger partial charge on any atom is 0.0935 e. The molecular weight excluding hydrogens is 129 g/mol. The van der Waals surface area contributed by atoms with Crippen LogP contribution in [0.4, 0.5) is 4.39 Å². The molecule has 1 nitrogen and oxygen atoms in total. The fourth-order valence-electron chi connectivity index (χ4n) is 0.846. The number of alkyl halides is 1. The van der Waals surface area contributed by atoms with Crippen molar-refractivity contribution >= 4 is 12.4 Å². The highest BCUT2D eigenvalue weighted by Gasteiger charge is 2.12. The summed E-state index contributed by atoms with van der Waals surface area (Å²) >= 11 is 0. The number of rotatable bonds is 1. The molecule has 50 valence electrons. The van der Waals surface area contributed by atoms with E-state index in [0.29, 0.717) is 5.92 Å². The van der Waals surface area contributed by atoms with Crippen LogP contribution in [0.5, 0.6) is 0 Å². The molecule has 3 heteroatoms. The molecule has 1 N–H and O–H groups in total. The van der Waals surface area contributed by atoms with E-state index >= 15 is 0 Å². The average Bonchev–Trinajstić information content (AvgIpc) is 2.14. The molecule has 1 heterocycles.